The van der Waals surface area contributed by atoms with E-state index in [1.807, 2.05) is 18.5 Å². The number of benzene rings is 2. The lowest BCUT2D eigenvalue weighted by molar-refractivity contribution is 0.0728. The number of ether oxygens (including phenoxy) is 1. The van der Waals surface area contributed by atoms with Gasteiger partial charge in [-0.3, -0.25) is 0 Å². The van der Waals surface area contributed by atoms with Crippen molar-refractivity contribution in [2.45, 2.75) is 97.3 Å². The number of hydrogen-bond acceptors (Lipinski definition) is 4. The van der Waals surface area contributed by atoms with Crippen LogP contribution in [0.25, 0.3) is 11.4 Å². The van der Waals surface area contributed by atoms with E-state index in [2.05, 4.69) is 23.8 Å². The van der Waals surface area contributed by atoms with Crippen LogP contribution in [0.3, 0.4) is 0 Å². The zero-order valence-corrected chi connectivity index (χ0v) is 22.5. The van der Waals surface area contributed by atoms with Crippen LogP contribution in [-0.2, 0) is 12.8 Å². The lowest BCUT2D eigenvalue weighted by atomic mass is 10.0. The van der Waals surface area contributed by atoms with E-state index in [0.717, 1.165) is 48.8 Å². The topological polar surface area (TPSA) is 52.1 Å². The maximum absolute atomic E-state index is 14.6. The van der Waals surface area contributed by atoms with E-state index in [1.165, 1.54) is 57.4 Å². The average Bonchev–Trinajstić information content (AvgIpc) is 2.92. The van der Waals surface area contributed by atoms with Crippen molar-refractivity contribution in [1.82, 2.24) is 9.97 Å². The summed E-state index contributed by atoms with van der Waals surface area (Å²) in [4.78, 5) is 21.6. The minimum atomic E-state index is -0.589. The van der Waals surface area contributed by atoms with Gasteiger partial charge in [0, 0.05) is 18.0 Å². The summed E-state index contributed by atoms with van der Waals surface area (Å²) in [6, 6.07) is 11.8. The molecule has 0 spiro atoms. The van der Waals surface area contributed by atoms with Crippen LogP contribution in [0.5, 0.6) is 5.75 Å². The number of aromatic nitrogens is 2. The van der Waals surface area contributed by atoms with Gasteiger partial charge in [0.25, 0.3) is 0 Å². The van der Waals surface area contributed by atoms with Gasteiger partial charge in [0.2, 0.25) is 0 Å². The third kappa shape index (κ3) is 9.71. The van der Waals surface area contributed by atoms with Crippen LogP contribution in [0.1, 0.15) is 106 Å². The summed E-state index contributed by atoms with van der Waals surface area (Å²) in [5.74, 6) is -0.531. The van der Waals surface area contributed by atoms with Gasteiger partial charge >= 0.3 is 5.97 Å². The Balaban J connectivity index is 1.49. The minimum Gasteiger partial charge on any atom is -0.420 e. The van der Waals surface area contributed by atoms with Crippen LogP contribution < -0.4 is 4.74 Å². The van der Waals surface area contributed by atoms with Crippen molar-refractivity contribution < 1.29 is 13.9 Å². The second kappa shape index (κ2) is 15.9. The summed E-state index contributed by atoms with van der Waals surface area (Å²) in [6.07, 6.45) is 19.0. The van der Waals surface area contributed by atoms with Gasteiger partial charge in [0.05, 0.1) is 5.56 Å². The number of aryl methyl sites for hydroxylation is 2. The predicted octanol–water partition coefficient (Wildman–Crippen LogP) is 8.92. The lowest BCUT2D eigenvalue weighted by Gasteiger charge is -2.08. The predicted molar refractivity (Wildman–Crippen MR) is 148 cm³/mol. The molecule has 37 heavy (non-hydrogen) atoms. The van der Waals surface area contributed by atoms with E-state index < -0.39 is 11.8 Å². The first kappa shape index (κ1) is 28.5. The average molecular weight is 505 g/mol. The van der Waals surface area contributed by atoms with Crippen molar-refractivity contribution in [1.29, 1.82) is 0 Å². The molecule has 1 aromatic heterocycles. The quantitative estimate of drug-likeness (QED) is 0.111. The number of halogens is 1. The fraction of sp³-hybridized carbons (Fsp3) is 0.469. The van der Waals surface area contributed by atoms with Crippen molar-refractivity contribution in [3.63, 3.8) is 0 Å². The van der Waals surface area contributed by atoms with Crippen LogP contribution in [0.15, 0.2) is 54.9 Å². The monoisotopic (exact) mass is 504 g/mol. The van der Waals surface area contributed by atoms with Crippen molar-refractivity contribution in [3.8, 4) is 17.1 Å². The number of nitrogens with zero attached hydrogens (tertiary/aromatic N) is 2. The van der Waals surface area contributed by atoms with E-state index in [0.29, 0.717) is 11.4 Å². The Bertz CT molecular complexity index is 1080. The molecule has 0 saturated heterocycles. The highest BCUT2D eigenvalue weighted by Gasteiger charge is 2.13. The zero-order valence-electron chi connectivity index (χ0n) is 22.5. The first-order chi connectivity index (χ1) is 18.1. The van der Waals surface area contributed by atoms with Crippen LogP contribution in [0.4, 0.5) is 4.39 Å². The van der Waals surface area contributed by atoms with Gasteiger partial charge < -0.3 is 4.74 Å². The van der Waals surface area contributed by atoms with Crippen molar-refractivity contribution in [3.05, 3.63) is 77.4 Å². The van der Waals surface area contributed by atoms with E-state index >= 15 is 0 Å². The summed E-state index contributed by atoms with van der Waals surface area (Å²) >= 11 is 0. The molecule has 0 aliphatic carbocycles. The van der Waals surface area contributed by atoms with Crippen molar-refractivity contribution in [2.24, 2.45) is 0 Å². The maximum atomic E-state index is 14.6. The fourth-order valence-corrected chi connectivity index (χ4v) is 4.37. The number of unbranched alkanes of at least 4 members (excludes halogenated alkanes) is 9. The normalized spacial score (nSPS) is 11.0. The SMILES string of the molecule is CCCCCCCCc1ccc(OC(=O)c2ccc(-c3ncc(CCCCCCC)cn3)cc2)c(F)c1. The Morgan fingerprint density at radius 1 is 0.730 bits per heavy atom. The van der Waals surface area contributed by atoms with Crippen LogP contribution >= 0.6 is 0 Å². The summed E-state index contributed by atoms with van der Waals surface area (Å²) in [5, 5.41) is 0. The number of carbonyl (C=O) groups excluding carboxylic acids is 1. The number of carbonyl (C=O) groups is 1. The molecule has 5 heteroatoms. The zero-order chi connectivity index (χ0) is 26.3. The Kier molecular flexibility index (Phi) is 12.2. The summed E-state index contributed by atoms with van der Waals surface area (Å²) in [7, 11) is 0. The van der Waals surface area contributed by atoms with Gasteiger partial charge in [-0.2, -0.15) is 0 Å². The maximum Gasteiger partial charge on any atom is 0.343 e. The van der Waals surface area contributed by atoms with Crippen molar-refractivity contribution in [2.75, 3.05) is 0 Å². The van der Waals surface area contributed by atoms with E-state index in [-0.39, 0.29) is 5.75 Å². The number of hydrogen-bond donors (Lipinski definition) is 0. The van der Waals surface area contributed by atoms with Crippen LogP contribution in [-0.4, -0.2) is 15.9 Å². The van der Waals surface area contributed by atoms with Crippen LogP contribution in [0.2, 0.25) is 0 Å². The van der Waals surface area contributed by atoms with E-state index in [4.69, 9.17) is 4.74 Å². The molecule has 3 rings (SSSR count). The van der Waals surface area contributed by atoms with Gasteiger partial charge in [-0.25, -0.2) is 19.2 Å². The molecule has 0 radical (unpaired) electrons. The number of esters is 1. The molecule has 0 atom stereocenters. The molecule has 0 fully saturated rings. The number of rotatable bonds is 16. The molecule has 2 aromatic carbocycles. The standard InChI is InChI=1S/C32H41FN2O2/c1-3-5-7-9-11-12-14-25-16-21-30(29(33)22-25)37-32(36)28-19-17-27(18-20-28)31-34-23-26(24-35-31)15-13-10-8-6-4-2/h16-24H,3-15H2,1-2H3. The van der Waals surface area contributed by atoms with Crippen LogP contribution in [0, 0.1) is 5.82 Å². The smallest absolute Gasteiger partial charge is 0.343 e. The van der Waals surface area contributed by atoms with E-state index in [1.54, 1.807) is 30.3 Å². The highest BCUT2D eigenvalue weighted by Crippen LogP contribution is 2.22. The molecule has 1 heterocycles. The Morgan fingerprint density at radius 2 is 1.30 bits per heavy atom. The molecule has 0 unspecified atom stereocenters. The Hall–Kier alpha value is -3.08. The van der Waals surface area contributed by atoms with Gasteiger partial charge in [-0.15, -0.1) is 0 Å². The largest absolute Gasteiger partial charge is 0.420 e. The summed E-state index contributed by atoms with van der Waals surface area (Å²) < 4.78 is 19.9. The van der Waals surface area contributed by atoms with Gasteiger partial charge in [-0.05, 0) is 61.1 Å². The molecular formula is C32H41FN2O2. The Labute approximate surface area is 221 Å². The molecule has 0 amide bonds. The minimum absolute atomic E-state index is 0.0469. The van der Waals surface area contributed by atoms with Gasteiger partial charge in [-0.1, -0.05) is 89.8 Å². The third-order valence-corrected chi connectivity index (χ3v) is 6.67. The fourth-order valence-electron chi connectivity index (χ4n) is 4.37. The molecule has 0 aliphatic heterocycles. The highest BCUT2D eigenvalue weighted by atomic mass is 19.1. The lowest BCUT2D eigenvalue weighted by Crippen LogP contribution is -2.09. The molecule has 0 saturated carbocycles. The first-order valence-electron chi connectivity index (χ1n) is 14.0. The highest BCUT2D eigenvalue weighted by molar-refractivity contribution is 5.91. The Morgan fingerprint density at radius 3 is 1.89 bits per heavy atom. The van der Waals surface area contributed by atoms with Gasteiger partial charge in [0.1, 0.15) is 0 Å². The molecule has 3 aromatic rings. The first-order valence-corrected chi connectivity index (χ1v) is 14.0. The second-order valence-electron chi connectivity index (χ2n) is 9.83. The molecule has 0 aliphatic rings. The third-order valence-electron chi connectivity index (χ3n) is 6.67. The summed E-state index contributed by atoms with van der Waals surface area (Å²) in [5.41, 5.74) is 3.24. The molecule has 0 N–H and O–H groups in total. The van der Waals surface area contributed by atoms with Crippen molar-refractivity contribution >= 4 is 5.97 Å². The molecule has 0 bridgehead atoms. The summed E-state index contributed by atoms with van der Waals surface area (Å²) in [6.45, 7) is 4.43. The molecule has 198 valence electrons. The molecular weight excluding hydrogens is 463 g/mol. The molecule has 4 nitrogen and oxygen atoms in total. The second-order valence-corrected chi connectivity index (χ2v) is 9.83. The van der Waals surface area contributed by atoms with Gasteiger partial charge in [0.15, 0.2) is 17.4 Å². The van der Waals surface area contributed by atoms with E-state index in [9.17, 15) is 9.18 Å².